The first kappa shape index (κ1) is 7.66. The van der Waals surface area contributed by atoms with Gasteiger partial charge < -0.3 is 0 Å². The molecule has 1 radical (unpaired) electrons. The van der Waals surface area contributed by atoms with Crippen LogP contribution >= 0.6 is 10.9 Å². The van der Waals surface area contributed by atoms with Crippen LogP contribution in [0.4, 0.5) is 0 Å². The average Bonchev–Trinajstić information content (AvgIpc) is 2.58. The lowest BCUT2D eigenvalue weighted by Gasteiger charge is -2.27. The summed E-state index contributed by atoms with van der Waals surface area (Å²) in [6, 6.07) is 0. The van der Waals surface area contributed by atoms with Crippen molar-refractivity contribution in [2.24, 2.45) is 4.99 Å². The Morgan fingerprint density at radius 3 is 2.64 bits per heavy atom. The summed E-state index contributed by atoms with van der Waals surface area (Å²) in [6.45, 7) is 1.07. The van der Waals surface area contributed by atoms with Crippen molar-refractivity contribution in [1.82, 2.24) is 0 Å². The van der Waals surface area contributed by atoms with Gasteiger partial charge in [-0.25, -0.2) is 10.9 Å². The zero-order valence-electron chi connectivity index (χ0n) is 6.92. The van der Waals surface area contributed by atoms with Crippen LogP contribution in [-0.2, 0) is 0 Å². The molecular formula is C9H16NS. The highest BCUT2D eigenvalue weighted by Gasteiger charge is 2.21. The van der Waals surface area contributed by atoms with Crippen LogP contribution < -0.4 is 0 Å². The number of hydrogen-bond acceptors (Lipinski definition) is 1. The SMILES string of the molecule is [C]1=NCC[SH]1C1CCCCC1. The lowest BCUT2D eigenvalue weighted by molar-refractivity contribution is 0.515. The molecule has 0 aromatic rings. The molecule has 0 aromatic carbocycles. The van der Waals surface area contributed by atoms with E-state index in [1.54, 1.807) is 0 Å². The summed E-state index contributed by atoms with van der Waals surface area (Å²) in [5, 5.41) is 1.00. The molecule has 1 aliphatic carbocycles. The van der Waals surface area contributed by atoms with E-state index in [0.717, 1.165) is 11.8 Å². The van der Waals surface area contributed by atoms with Crippen molar-refractivity contribution < 1.29 is 0 Å². The van der Waals surface area contributed by atoms with E-state index >= 15 is 0 Å². The molecular weight excluding hydrogens is 154 g/mol. The van der Waals surface area contributed by atoms with Crippen LogP contribution in [0.15, 0.2) is 4.99 Å². The first-order valence-electron chi connectivity index (χ1n) is 4.65. The second kappa shape index (κ2) is 3.61. The van der Waals surface area contributed by atoms with E-state index in [0.29, 0.717) is 0 Å². The summed E-state index contributed by atoms with van der Waals surface area (Å²) in [7, 11) is 0.120. The zero-order valence-corrected chi connectivity index (χ0v) is 7.82. The Bertz CT molecular complexity index is 150. The predicted molar refractivity (Wildman–Crippen MR) is 53.0 cm³/mol. The second-order valence-electron chi connectivity index (χ2n) is 3.47. The standard InChI is InChI=1S/C9H16NS/c1-2-4-9(5-3-1)11-7-6-10-8-11/h9,11H,1-7H2. The Morgan fingerprint density at radius 1 is 1.18 bits per heavy atom. The molecule has 11 heavy (non-hydrogen) atoms. The molecule has 0 aromatic heterocycles. The van der Waals surface area contributed by atoms with Gasteiger partial charge in [0.25, 0.3) is 0 Å². The number of nitrogens with zero attached hydrogens (tertiary/aromatic N) is 1. The van der Waals surface area contributed by atoms with E-state index in [9.17, 15) is 0 Å². The van der Waals surface area contributed by atoms with Gasteiger partial charge in [-0.15, -0.1) is 0 Å². The zero-order chi connectivity index (χ0) is 7.52. The largest absolute Gasteiger partial charge is 0.277 e. The van der Waals surface area contributed by atoms with E-state index in [1.807, 2.05) is 0 Å². The van der Waals surface area contributed by atoms with E-state index in [4.69, 9.17) is 0 Å². The minimum atomic E-state index is 0.120. The molecule has 0 saturated heterocycles. The molecule has 2 heteroatoms. The lowest BCUT2D eigenvalue weighted by atomic mass is 10.0. The molecule has 0 amide bonds. The van der Waals surface area contributed by atoms with Crippen molar-refractivity contribution in [2.45, 2.75) is 37.4 Å². The van der Waals surface area contributed by atoms with Crippen molar-refractivity contribution >= 4 is 16.4 Å². The fourth-order valence-corrected chi connectivity index (χ4v) is 4.22. The monoisotopic (exact) mass is 170 g/mol. The van der Waals surface area contributed by atoms with E-state index < -0.39 is 0 Å². The smallest absolute Gasteiger partial charge is 0.101 e. The second-order valence-corrected chi connectivity index (χ2v) is 5.78. The molecule has 1 aliphatic heterocycles. The van der Waals surface area contributed by atoms with Crippen LogP contribution in [0, 0.1) is 0 Å². The molecule has 1 heterocycles. The van der Waals surface area contributed by atoms with Gasteiger partial charge in [-0.1, -0.05) is 19.3 Å². The summed E-state index contributed by atoms with van der Waals surface area (Å²) in [4.78, 5) is 4.22. The quantitative estimate of drug-likeness (QED) is 0.579. The Morgan fingerprint density at radius 2 is 2.00 bits per heavy atom. The van der Waals surface area contributed by atoms with Gasteiger partial charge in [0, 0.05) is 6.54 Å². The van der Waals surface area contributed by atoms with Gasteiger partial charge in [0.1, 0.15) is 5.55 Å². The lowest BCUT2D eigenvalue weighted by Crippen LogP contribution is -2.13. The van der Waals surface area contributed by atoms with E-state index in [-0.39, 0.29) is 10.9 Å². The third-order valence-corrected chi connectivity index (χ3v) is 5.15. The number of thiol groups is 1. The van der Waals surface area contributed by atoms with Gasteiger partial charge in [-0.2, -0.15) is 0 Å². The summed E-state index contributed by atoms with van der Waals surface area (Å²) in [6.07, 6.45) is 7.33. The molecule has 1 fully saturated rings. The normalized spacial score (nSPS) is 36.2. The first-order valence-corrected chi connectivity index (χ1v) is 6.25. The molecule has 1 nitrogen and oxygen atoms in total. The Labute approximate surface area is 71.6 Å². The summed E-state index contributed by atoms with van der Waals surface area (Å²) >= 11 is 0. The van der Waals surface area contributed by atoms with Crippen molar-refractivity contribution in [1.29, 1.82) is 0 Å². The van der Waals surface area contributed by atoms with Crippen LogP contribution in [0.1, 0.15) is 32.1 Å². The molecule has 0 bridgehead atoms. The minimum Gasteiger partial charge on any atom is -0.277 e. The van der Waals surface area contributed by atoms with Gasteiger partial charge in [-0.05, 0) is 23.8 Å². The number of rotatable bonds is 1. The maximum atomic E-state index is 4.22. The molecule has 1 atom stereocenters. The summed E-state index contributed by atoms with van der Waals surface area (Å²) in [5.41, 5.74) is 3.32. The van der Waals surface area contributed by atoms with Crippen molar-refractivity contribution in [3.63, 3.8) is 0 Å². The third kappa shape index (κ3) is 1.78. The third-order valence-electron chi connectivity index (χ3n) is 2.67. The molecule has 2 aliphatic rings. The summed E-state index contributed by atoms with van der Waals surface area (Å²) < 4.78 is 0. The van der Waals surface area contributed by atoms with Gasteiger partial charge in [0.05, 0.1) is 0 Å². The van der Waals surface area contributed by atoms with E-state index in [2.05, 4.69) is 10.5 Å². The van der Waals surface area contributed by atoms with Gasteiger partial charge in [0.2, 0.25) is 0 Å². The fraction of sp³-hybridized carbons (Fsp3) is 0.889. The minimum absolute atomic E-state index is 0.120. The molecule has 0 spiro atoms. The van der Waals surface area contributed by atoms with Gasteiger partial charge in [0.15, 0.2) is 0 Å². The van der Waals surface area contributed by atoms with Crippen molar-refractivity contribution in [3.05, 3.63) is 0 Å². The molecule has 1 unspecified atom stereocenters. The Hall–Kier alpha value is 0.0200. The highest BCUT2D eigenvalue weighted by atomic mass is 32.2. The van der Waals surface area contributed by atoms with Crippen LogP contribution in [0.25, 0.3) is 0 Å². The number of aliphatic imine (C=N–C) groups is 1. The fourth-order valence-electron chi connectivity index (χ4n) is 2.01. The Balaban J connectivity index is 1.87. The van der Waals surface area contributed by atoms with Crippen molar-refractivity contribution in [2.75, 3.05) is 12.3 Å². The average molecular weight is 170 g/mol. The molecule has 2 rings (SSSR count). The van der Waals surface area contributed by atoms with E-state index in [1.165, 1.54) is 37.9 Å². The maximum Gasteiger partial charge on any atom is 0.101 e. The number of hydrogen-bond donors (Lipinski definition) is 1. The molecule has 63 valence electrons. The highest BCUT2D eigenvalue weighted by Crippen LogP contribution is 2.40. The topological polar surface area (TPSA) is 12.4 Å². The maximum absolute atomic E-state index is 4.22. The van der Waals surface area contributed by atoms with Crippen molar-refractivity contribution in [3.8, 4) is 0 Å². The molecule has 0 N–H and O–H groups in total. The van der Waals surface area contributed by atoms with Crippen LogP contribution in [0.5, 0.6) is 0 Å². The Kier molecular flexibility index (Phi) is 2.52. The summed E-state index contributed by atoms with van der Waals surface area (Å²) in [5.74, 6) is 1.35. The first-order chi connectivity index (χ1) is 5.47. The highest BCUT2D eigenvalue weighted by molar-refractivity contribution is 8.29. The van der Waals surface area contributed by atoms with Gasteiger partial charge >= 0.3 is 0 Å². The van der Waals surface area contributed by atoms with Crippen LogP contribution in [0.2, 0.25) is 0 Å². The predicted octanol–water partition coefficient (Wildman–Crippen LogP) is 2.24. The van der Waals surface area contributed by atoms with Gasteiger partial charge in [-0.3, -0.25) is 4.99 Å². The van der Waals surface area contributed by atoms with Crippen LogP contribution in [-0.4, -0.2) is 23.1 Å². The molecule has 1 saturated carbocycles. The van der Waals surface area contributed by atoms with Crippen LogP contribution in [0.3, 0.4) is 0 Å².